The third-order valence-corrected chi connectivity index (χ3v) is 4.89. The molecule has 25 heavy (non-hydrogen) atoms. The second-order valence-corrected chi connectivity index (χ2v) is 6.48. The van der Waals surface area contributed by atoms with E-state index in [9.17, 15) is 4.79 Å². The van der Waals surface area contributed by atoms with E-state index in [1.807, 2.05) is 35.2 Å². The van der Waals surface area contributed by atoms with Gasteiger partial charge in [0.25, 0.3) is 0 Å². The summed E-state index contributed by atoms with van der Waals surface area (Å²) in [7, 11) is 1.45. The van der Waals surface area contributed by atoms with E-state index in [1.165, 1.54) is 12.7 Å². The molecule has 0 bridgehead atoms. The Labute approximate surface area is 150 Å². The molecule has 1 saturated heterocycles. The lowest BCUT2D eigenvalue weighted by molar-refractivity contribution is 0.165. The van der Waals surface area contributed by atoms with Crippen LogP contribution in [0.2, 0.25) is 0 Å². The number of nitrogens with zero attached hydrogens (tertiary/aromatic N) is 2. The van der Waals surface area contributed by atoms with Crippen LogP contribution >= 0.6 is 0 Å². The Balaban J connectivity index is 1.57. The number of anilines is 1. The molecule has 3 rings (SSSR count). The molecule has 1 aliphatic rings. The minimum atomic E-state index is -0.270. The maximum Gasteiger partial charge on any atom is 0.414 e. The fourth-order valence-electron chi connectivity index (χ4n) is 3.49. The van der Waals surface area contributed by atoms with Crippen LogP contribution in [0.25, 0.3) is 0 Å². The van der Waals surface area contributed by atoms with Gasteiger partial charge >= 0.3 is 6.09 Å². The van der Waals surface area contributed by atoms with Gasteiger partial charge in [-0.05, 0) is 37.0 Å². The van der Waals surface area contributed by atoms with Crippen LogP contribution in [0.1, 0.15) is 18.4 Å². The van der Waals surface area contributed by atoms with E-state index >= 15 is 0 Å². The highest BCUT2D eigenvalue weighted by Gasteiger charge is 2.29. The molecule has 4 heteroatoms. The topological polar surface area (TPSA) is 32.8 Å². The summed E-state index contributed by atoms with van der Waals surface area (Å²) in [5.74, 6) is 0. The average molecular weight is 338 g/mol. The van der Waals surface area contributed by atoms with E-state index in [2.05, 4.69) is 35.2 Å². The molecule has 0 N–H and O–H groups in total. The molecule has 2 aromatic carbocycles. The predicted octanol–water partition coefficient (Wildman–Crippen LogP) is 3.97. The highest BCUT2D eigenvalue weighted by atomic mass is 16.5. The van der Waals surface area contributed by atoms with Crippen molar-refractivity contribution in [3.05, 3.63) is 66.2 Å². The Morgan fingerprint density at radius 1 is 1.04 bits per heavy atom. The van der Waals surface area contributed by atoms with E-state index in [1.54, 1.807) is 0 Å². The summed E-state index contributed by atoms with van der Waals surface area (Å²) in [4.78, 5) is 16.6. The second-order valence-electron chi connectivity index (χ2n) is 6.48. The number of piperidine rings is 1. The molecule has 0 spiro atoms. The Morgan fingerprint density at radius 3 is 2.24 bits per heavy atom. The van der Waals surface area contributed by atoms with Gasteiger partial charge < -0.3 is 9.64 Å². The third-order valence-electron chi connectivity index (χ3n) is 4.89. The minimum absolute atomic E-state index is 0.197. The van der Waals surface area contributed by atoms with Crippen molar-refractivity contribution in [2.45, 2.75) is 25.3 Å². The van der Waals surface area contributed by atoms with Gasteiger partial charge in [0.15, 0.2) is 0 Å². The number of carbonyl (C=O) groups is 1. The normalized spacial score (nSPS) is 15.7. The number of ether oxygens (including phenoxy) is 1. The van der Waals surface area contributed by atoms with Crippen molar-refractivity contribution in [3.8, 4) is 0 Å². The van der Waals surface area contributed by atoms with Gasteiger partial charge in [-0.1, -0.05) is 48.5 Å². The Hall–Kier alpha value is -2.33. The first-order chi connectivity index (χ1) is 12.3. The first-order valence-corrected chi connectivity index (χ1v) is 8.96. The fraction of sp³-hybridized carbons (Fsp3) is 0.381. The number of methoxy groups -OCH3 is 1. The quantitative estimate of drug-likeness (QED) is 0.827. The molecule has 0 radical (unpaired) electrons. The van der Waals surface area contributed by atoms with Gasteiger partial charge in [-0.15, -0.1) is 0 Å². The summed E-state index contributed by atoms with van der Waals surface area (Å²) >= 11 is 0. The zero-order chi connectivity index (χ0) is 17.5. The molecule has 0 atom stereocenters. The molecule has 1 aliphatic heterocycles. The number of hydrogen-bond acceptors (Lipinski definition) is 3. The smallest absolute Gasteiger partial charge is 0.414 e. The minimum Gasteiger partial charge on any atom is -0.452 e. The van der Waals surface area contributed by atoms with Crippen LogP contribution in [0.5, 0.6) is 0 Å². The number of amides is 1. The maximum atomic E-state index is 12.3. The number of para-hydroxylation sites is 1. The lowest BCUT2D eigenvalue weighted by Gasteiger charge is -2.37. The van der Waals surface area contributed by atoms with Gasteiger partial charge in [0.1, 0.15) is 0 Å². The summed E-state index contributed by atoms with van der Waals surface area (Å²) in [6.07, 6.45) is 2.75. The second kappa shape index (κ2) is 8.67. The van der Waals surface area contributed by atoms with E-state index in [-0.39, 0.29) is 12.1 Å². The average Bonchev–Trinajstić information content (AvgIpc) is 2.69. The Morgan fingerprint density at radius 2 is 1.64 bits per heavy atom. The number of likely N-dealkylation sites (tertiary alicyclic amines) is 1. The lowest BCUT2D eigenvalue weighted by atomic mass is 10.0. The Kier molecular flexibility index (Phi) is 6.07. The monoisotopic (exact) mass is 338 g/mol. The third kappa shape index (κ3) is 4.60. The fourth-order valence-corrected chi connectivity index (χ4v) is 3.49. The van der Waals surface area contributed by atoms with Crippen molar-refractivity contribution in [1.29, 1.82) is 0 Å². The first-order valence-electron chi connectivity index (χ1n) is 8.96. The molecule has 0 aliphatic carbocycles. The van der Waals surface area contributed by atoms with Crippen LogP contribution in [-0.4, -0.2) is 43.8 Å². The molecule has 4 nitrogen and oxygen atoms in total. The van der Waals surface area contributed by atoms with Crippen molar-refractivity contribution in [3.63, 3.8) is 0 Å². The molecule has 0 unspecified atom stereocenters. The van der Waals surface area contributed by atoms with Crippen molar-refractivity contribution in [2.75, 3.05) is 31.6 Å². The van der Waals surface area contributed by atoms with E-state index < -0.39 is 0 Å². The highest BCUT2D eigenvalue weighted by molar-refractivity contribution is 5.88. The van der Waals surface area contributed by atoms with Crippen molar-refractivity contribution in [1.82, 2.24) is 4.90 Å². The summed E-state index contributed by atoms with van der Waals surface area (Å²) in [6, 6.07) is 20.6. The number of rotatable bonds is 5. The van der Waals surface area contributed by atoms with Crippen LogP contribution < -0.4 is 4.90 Å². The number of benzene rings is 2. The predicted molar refractivity (Wildman–Crippen MR) is 101 cm³/mol. The van der Waals surface area contributed by atoms with Gasteiger partial charge in [-0.2, -0.15) is 0 Å². The largest absolute Gasteiger partial charge is 0.452 e. The molecule has 1 fully saturated rings. The molecular formula is C21H26N2O2. The van der Waals surface area contributed by atoms with Gasteiger partial charge in [0, 0.05) is 31.4 Å². The molecule has 132 valence electrons. The summed E-state index contributed by atoms with van der Waals surface area (Å²) in [6.45, 7) is 3.09. The molecule has 1 heterocycles. The first kappa shape index (κ1) is 17.5. The molecule has 2 aromatic rings. The molecular weight excluding hydrogens is 312 g/mol. The van der Waals surface area contributed by atoms with Gasteiger partial charge in [0.05, 0.1) is 7.11 Å². The standard InChI is InChI=1S/C21H26N2O2/c1-25-21(24)23(19-10-6-3-7-11-19)20-13-16-22(17-14-20)15-12-18-8-4-2-5-9-18/h2-11,20H,12-17H2,1H3. The summed E-state index contributed by atoms with van der Waals surface area (Å²) in [5, 5.41) is 0. The number of carbonyl (C=O) groups excluding carboxylic acids is 1. The highest BCUT2D eigenvalue weighted by Crippen LogP contribution is 2.24. The lowest BCUT2D eigenvalue weighted by Crippen LogP contribution is -2.48. The Bertz CT molecular complexity index is 652. The van der Waals surface area contributed by atoms with Gasteiger partial charge in [-0.3, -0.25) is 4.90 Å². The van der Waals surface area contributed by atoms with Crippen LogP contribution in [0.3, 0.4) is 0 Å². The van der Waals surface area contributed by atoms with Crippen LogP contribution in [0.15, 0.2) is 60.7 Å². The summed E-state index contributed by atoms with van der Waals surface area (Å²) < 4.78 is 5.03. The van der Waals surface area contributed by atoms with Gasteiger partial charge in [-0.25, -0.2) is 4.79 Å². The molecule has 0 aromatic heterocycles. The SMILES string of the molecule is COC(=O)N(c1ccccc1)C1CCN(CCc2ccccc2)CC1. The van der Waals surface area contributed by atoms with E-state index in [0.29, 0.717) is 0 Å². The van der Waals surface area contributed by atoms with Crippen molar-refractivity contribution >= 4 is 11.8 Å². The zero-order valence-corrected chi connectivity index (χ0v) is 14.8. The van der Waals surface area contributed by atoms with Crippen molar-refractivity contribution in [2.24, 2.45) is 0 Å². The maximum absolute atomic E-state index is 12.3. The van der Waals surface area contributed by atoms with E-state index in [0.717, 1.165) is 44.6 Å². The van der Waals surface area contributed by atoms with Crippen LogP contribution in [0, 0.1) is 0 Å². The summed E-state index contributed by atoms with van der Waals surface area (Å²) in [5.41, 5.74) is 2.29. The number of hydrogen-bond donors (Lipinski definition) is 0. The van der Waals surface area contributed by atoms with Crippen LogP contribution in [0.4, 0.5) is 10.5 Å². The molecule has 1 amide bonds. The van der Waals surface area contributed by atoms with E-state index in [4.69, 9.17) is 4.74 Å². The van der Waals surface area contributed by atoms with Gasteiger partial charge in [0.2, 0.25) is 0 Å². The molecule has 0 saturated carbocycles. The van der Waals surface area contributed by atoms with Crippen LogP contribution in [-0.2, 0) is 11.2 Å². The zero-order valence-electron chi connectivity index (χ0n) is 14.8. The van der Waals surface area contributed by atoms with Crippen molar-refractivity contribution < 1.29 is 9.53 Å².